The predicted octanol–water partition coefficient (Wildman–Crippen LogP) is 0.292. The van der Waals surface area contributed by atoms with Crippen LogP contribution in [0.5, 0.6) is 5.75 Å². The number of carboxylic acid groups (broad SMARTS) is 1. The molecule has 20 heavy (non-hydrogen) atoms. The molecule has 2 N–H and O–H groups in total. The van der Waals surface area contributed by atoms with Crippen LogP contribution in [0.3, 0.4) is 0 Å². The molecule has 2 rings (SSSR count). The van der Waals surface area contributed by atoms with E-state index in [0.29, 0.717) is 11.3 Å². The third-order valence-corrected chi connectivity index (χ3v) is 2.79. The Kier molecular flexibility index (Phi) is 3.69. The summed E-state index contributed by atoms with van der Waals surface area (Å²) in [4.78, 5) is 36.6. The molecule has 0 saturated carbocycles. The summed E-state index contributed by atoms with van der Waals surface area (Å²) < 4.78 is 5.84. The number of benzene rings is 1. The Balaban J connectivity index is 2.42. The molecule has 104 valence electrons. The van der Waals surface area contributed by atoms with Gasteiger partial charge in [0.2, 0.25) is 0 Å². The van der Waals surface area contributed by atoms with Crippen molar-refractivity contribution in [2.45, 2.75) is 6.54 Å². The van der Waals surface area contributed by atoms with E-state index in [1.165, 1.54) is 7.11 Å². The average Bonchev–Trinajstić information content (AvgIpc) is 2.43. The van der Waals surface area contributed by atoms with Gasteiger partial charge in [-0.05, 0) is 17.7 Å². The highest BCUT2D eigenvalue weighted by atomic mass is 16.5. The van der Waals surface area contributed by atoms with Gasteiger partial charge in [0.15, 0.2) is 0 Å². The number of rotatable bonds is 4. The summed E-state index contributed by atoms with van der Waals surface area (Å²) in [7, 11) is 1.53. The minimum atomic E-state index is -1.38. The van der Waals surface area contributed by atoms with Crippen molar-refractivity contribution in [2.75, 3.05) is 7.11 Å². The number of aromatic amines is 1. The molecule has 2 aromatic rings. The van der Waals surface area contributed by atoms with Gasteiger partial charge >= 0.3 is 11.7 Å². The van der Waals surface area contributed by atoms with Crippen LogP contribution in [-0.4, -0.2) is 27.7 Å². The molecule has 0 aliphatic carbocycles. The number of aromatic nitrogens is 2. The van der Waals surface area contributed by atoms with Crippen molar-refractivity contribution in [1.29, 1.82) is 0 Å². The van der Waals surface area contributed by atoms with Gasteiger partial charge < -0.3 is 14.8 Å². The predicted molar refractivity (Wildman–Crippen MR) is 70.4 cm³/mol. The number of nitrogens with one attached hydrogen (secondary N) is 1. The number of H-pyrrole nitrogens is 1. The normalized spacial score (nSPS) is 10.2. The fourth-order valence-electron chi connectivity index (χ4n) is 1.72. The lowest BCUT2D eigenvalue weighted by atomic mass is 10.2. The van der Waals surface area contributed by atoms with E-state index in [4.69, 9.17) is 9.84 Å². The second-order valence-electron chi connectivity index (χ2n) is 4.05. The SMILES string of the molecule is COc1ccc(Cn2c(=O)[nH]cc(C(=O)O)c2=O)cc1. The van der Waals surface area contributed by atoms with Crippen LogP contribution in [0.15, 0.2) is 40.1 Å². The minimum Gasteiger partial charge on any atom is -0.497 e. The molecule has 0 spiro atoms. The van der Waals surface area contributed by atoms with Gasteiger partial charge in [-0.3, -0.25) is 9.36 Å². The van der Waals surface area contributed by atoms with E-state index in [1.54, 1.807) is 24.3 Å². The highest BCUT2D eigenvalue weighted by molar-refractivity contribution is 5.86. The zero-order valence-electron chi connectivity index (χ0n) is 10.6. The minimum absolute atomic E-state index is 0.0146. The summed E-state index contributed by atoms with van der Waals surface area (Å²) >= 11 is 0. The van der Waals surface area contributed by atoms with Gasteiger partial charge in [0.05, 0.1) is 13.7 Å². The molecule has 0 fully saturated rings. The topological polar surface area (TPSA) is 101 Å². The number of carbonyl (C=O) groups is 1. The largest absolute Gasteiger partial charge is 0.497 e. The second kappa shape index (κ2) is 5.43. The lowest BCUT2D eigenvalue weighted by Gasteiger charge is -2.06. The summed E-state index contributed by atoms with van der Waals surface area (Å²) in [6, 6.07) is 6.77. The van der Waals surface area contributed by atoms with E-state index in [1.807, 2.05) is 0 Å². The molecule has 0 bridgehead atoms. The molecule has 1 aromatic carbocycles. The summed E-state index contributed by atoms with van der Waals surface area (Å²) in [6.07, 6.45) is 0.900. The number of carboxylic acids is 1. The van der Waals surface area contributed by atoms with Gasteiger partial charge in [-0.1, -0.05) is 12.1 Å². The Bertz CT molecular complexity index is 743. The summed E-state index contributed by atoms with van der Waals surface area (Å²) in [5.74, 6) is -0.732. The van der Waals surface area contributed by atoms with Crippen molar-refractivity contribution >= 4 is 5.97 Å². The number of nitrogens with zero attached hydrogens (tertiary/aromatic N) is 1. The zero-order valence-corrected chi connectivity index (χ0v) is 10.6. The molecule has 1 aromatic heterocycles. The number of methoxy groups -OCH3 is 1. The molecule has 0 radical (unpaired) electrons. The molecule has 0 amide bonds. The van der Waals surface area contributed by atoms with Crippen LogP contribution in [0, 0.1) is 0 Å². The Morgan fingerprint density at radius 3 is 2.50 bits per heavy atom. The van der Waals surface area contributed by atoms with Crippen LogP contribution < -0.4 is 16.0 Å². The fourth-order valence-corrected chi connectivity index (χ4v) is 1.72. The van der Waals surface area contributed by atoms with Crippen LogP contribution in [0.2, 0.25) is 0 Å². The van der Waals surface area contributed by atoms with Crippen LogP contribution in [-0.2, 0) is 6.54 Å². The maximum absolute atomic E-state index is 11.9. The molecule has 7 nitrogen and oxygen atoms in total. The van der Waals surface area contributed by atoms with E-state index in [9.17, 15) is 14.4 Å². The average molecular weight is 276 g/mol. The van der Waals surface area contributed by atoms with E-state index in [-0.39, 0.29) is 6.54 Å². The van der Waals surface area contributed by atoms with Crippen LogP contribution in [0.25, 0.3) is 0 Å². The van der Waals surface area contributed by atoms with Gasteiger partial charge in [0, 0.05) is 6.20 Å². The molecule has 0 saturated heterocycles. The second-order valence-corrected chi connectivity index (χ2v) is 4.05. The van der Waals surface area contributed by atoms with E-state index >= 15 is 0 Å². The first-order valence-electron chi connectivity index (χ1n) is 5.71. The first-order chi connectivity index (χ1) is 9.52. The number of aromatic carboxylic acids is 1. The van der Waals surface area contributed by atoms with Gasteiger partial charge in [-0.15, -0.1) is 0 Å². The van der Waals surface area contributed by atoms with Gasteiger partial charge in [0.25, 0.3) is 5.56 Å². The van der Waals surface area contributed by atoms with Gasteiger partial charge in [0.1, 0.15) is 11.3 Å². The van der Waals surface area contributed by atoms with Crippen molar-refractivity contribution in [1.82, 2.24) is 9.55 Å². The zero-order chi connectivity index (χ0) is 14.7. The van der Waals surface area contributed by atoms with Gasteiger partial charge in [-0.25, -0.2) is 9.59 Å². The third kappa shape index (κ3) is 2.61. The summed E-state index contributed by atoms with van der Waals surface area (Å²) in [5, 5.41) is 8.86. The summed E-state index contributed by atoms with van der Waals surface area (Å²) in [5.41, 5.74) is -1.29. The molecule has 1 heterocycles. The smallest absolute Gasteiger partial charge is 0.342 e. The maximum Gasteiger partial charge on any atom is 0.342 e. The number of hydrogen-bond donors (Lipinski definition) is 2. The molecule has 0 aliphatic rings. The highest BCUT2D eigenvalue weighted by Crippen LogP contribution is 2.11. The van der Waals surface area contributed by atoms with Crippen molar-refractivity contribution in [3.05, 3.63) is 62.4 Å². The van der Waals surface area contributed by atoms with E-state index in [0.717, 1.165) is 10.8 Å². The quantitative estimate of drug-likeness (QED) is 0.835. The number of hydrogen-bond acceptors (Lipinski definition) is 4. The molecule has 0 unspecified atom stereocenters. The van der Waals surface area contributed by atoms with Crippen molar-refractivity contribution < 1.29 is 14.6 Å². The first-order valence-corrected chi connectivity index (χ1v) is 5.71. The third-order valence-electron chi connectivity index (χ3n) is 2.79. The maximum atomic E-state index is 11.9. The Morgan fingerprint density at radius 1 is 1.30 bits per heavy atom. The van der Waals surface area contributed by atoms with Crippen molar-refractivity contribution in [3.8, 4) is 5.75 Å². The monoisotopic (exact) mass is 276 g/mol. The molecule has 7 heteroatoms. The van der Waals surface area contributed by atoms with Gasteiger partial charge in [-0.2, -0.15) is 0 Å². The lowest BCUT2D eigenvalue weighted by Crippen LogP contribution is -2.38. The standard InChI is InChI=1S/C13H12N2O5/c1-20-9-4-2-8(3-5-9)7-15-11(16)10(12(17)18)6-14-13(15)19/h2-6H,7H2,1H3,(H,14,19)(H,17,18). The first kappa shape index (κ1) is 13.6. The molecule has 0 aliphatic heterocycles. The van der Waals surface area contributed by atoms with Crippen LogP contribution in [0.1, 0.15) is 15.9 Å². The fraction of sp³-hybridized carbons (Fsp3) is 0.154. The summed E-state index contributed by atoms with van der Waals surface area (Å²) in [6.45, 7) is -0.0146. The molecular formula is C13H12N2O5. The van der Waals surface area contributed by atoms with E-state index < -0.39 is 22.8 Å². The van der Waals surface area contributed by atoms with E-state index in [2.05, 4.69) is 4.98 Å². The Hall–Kier alpha value is -2.83. The lowest BCUT2D eigenvalue weighted by molar-refractivity contribution is 0.0693. The number of ether oxygens (including phenoxy) is 1. The van der Waals surface area contributed by atoms with Crippen molar-refractivity contribution in [2.24, 2.45) is 0 Å². The molecule has 0 atom stereocenters. The highest BCUT2D eigenvalue weighted by Gasteiger charge is 2.13. The van der Waals surface area contributed by atoms with Crippen molar-refractivity contribution in [3.63, 3.8) is 0 Å². The Morgan fingerprint density at radius 2 is 1.95 bits per heavy atom. The van der Waals surface area contributed by atoms with Crippen LogP contribution in [0.4, 0.5) is 0 Å². The molecular weight excluding hydrogens is 264 g/mol. The Labute approximate surface area is 113 Å². The van der Waals surface area contributed by atoms with Crippen LogP contribution >= 0.6 is 0 Å².